The molecule has 0 aromatic carbocycles. The third kappa shape index (κ3) is 3.29. The molecule has 1 aliphatic heterocycles. The monoisotopic (exact) mass is 415 g/mol. The number of carboxylic acid groups (broad SMARTS) is 1. The third-order valence-electron chi connectivity index (χ3n) is 7.18. The number of anilines is 1. The molecule has 0 amide bonds. The summed E-state index contributed by atoms with van der Waals surface area (Å²) in [4.78, 5) is 26.4. The summed E-state index contributed by atoms with van der Waals surface area (Å²) in [6.45, 7) is 7.42. The summed E-state index contributed by atoms with van der Waals surface area (Å²) in [5.74, 6) is -1.58. The molecule has 1 saturated heterocycles. The van der Waals surface area contributed by atoms with Gasteiger partial charge in [-0.3, -0.25) is 9.20 Å². The second kappa shape index (κ2) is 7.38. The van der Waals surface area contributed by atoms with Crippen molar-refractivity contribution in [1.29, 1.82) is 0 Å². The number of aromatic carboxylic acids is 1. The van der Waals surface area contributed by atoms with E-state index in [1.165, 1.54) is 10.5 Å². The average Bonchev–Trinajstić information content (AvgIpc) is 3.53. The Labute approximate surface area is 175 Å². The summed E-state index contributed by atoms with van der Waals surface area (Å²) in [5, 5.41) is 9.46. The molecule has 4 rings (SSSR count). The average molecular weight is 416 g/mol. The zero-order chi connectivity index (χ0) is 21.8. The summed E-state index contributed by atoms with van der Waals surface area (Å²) in [6, 6.07) is 1.45. The first kappa shape index (κ1) is 20.8. The van der Waals surface area contributed by atoms with Gasteiger partial charge in [0.2, 0.25) is 0 Å². The molecule has 30 heavy (non-hydrogen) atoms. The van der Waals surface area contributed by atoms with Crippen LogP contribution in [-0.4, -0.2) is 34.6 Å². The highest BCUT2D eigenvalue weighted by Gasteiger charge is 2.38. The van der Waals surface area contributed by atoms with Crippen molar-refractivity contribution in [2.24, 2.45) is 11.1 Å². The quantitative estimate of drug-likeness (QED) is 0.778. The number of rotatable bonds is 5. The van der Waals surface area contributed by atoms with Crippen LogP contribution in [0.2, 0.25) is 0 Å². The smallest absolute Gasteiger partial charge is 0.341 e. The van der Waals surface area contributed by atoms with E-state index in [1.54, 1.807) is 0 Å². The predicted octanol–water partition coefficient (Wildman–Crippen LogP) is 3.67. The van der Waals surface area contributed by atoms with Gasteiger partial charge in [0.1, 0.15) is 5.56 Å². The lowest BCUT2D eigenvalue weighted by Gasteiger charge is -2.46. The third-order valence-corrected chi connectivity index (χ3v) is 7.18. The minimum atomic E-state index is -1.28. The Hall–Kier alpha value is -2.41. The van der Waals surface area contributed by atoms with Gasteiger partial charge in [0.05, 0.1) is 17.4 Å². The maximum atomic E-state index is 15.4. The summed E-state index contributed by atoms with van der Waals surface area (Å²) >= 11 is 0. The molecular weight excluding hydrogens is 385 g/mol. The highest BCUT2D eigenvalue weighted by Crippen LogP contribution is 2.45. The minimum absolute atomic E-state index is 0.0365. The van der Waals surface area contributed by atoms with Crippen LogP contribution in [0.25, 0.3) is 5.52 Å². The molecule has 0 unspecified atom stereocenters. The minimum Gasteiger partial charge on any atom is -0.477 e. The van der Waals surface area contributed by atoms with Gasteiger partial charge in [-0.2, -0.15) is 0 Å². The Morgan fingerprint density at radius 1 is 1.33 bits per heavy atom. The van der Waals surface area contributed by atoms with Gasteiger partial charge < -0.3 is 15.7 Å². The molecule has 0 radical (unpaired) electrons. The lowest BCUT2D eigenvalue weighted by Crippen LogP contribution is -2.52. The number of nitrogens with zero attached hydrogens (tertiary/aromatic N) is 2. The molecular formula is C23H30FN3O3. The van der Waals surface area contributed by atoms with Crippen LogP contribution < -0.4 is 16.2 Å². The SMILES string of the molecule is CCC1(CC)C[C@H](N)CN(c2c(F)cn3c(=O)c(C(=O)O)cc(C4CC4)c3c2C)C1. The van der Waals surface area contributed by atoms with Crippen molar-refractivity contribution in [3.05, 3.63) is 45.1 Å². The Bertz CT molecular complexity index is 1070. The largest absolute Gasteiger partial charge is 0.477 e. The molecule has 2 fully saturated rings. The van der Waals surface area contributed by atoms with E-state index in [0.29, 0.717) is 23.3 Å². The van der Waals surface area contributed by atoms with Crippen molar-refractivity contribution in [1.82, 2.24) is 4.40 Å². The topological polar surface area (TPSA) is 88.0 Å². The zero-order valence-corrected chi connectivity index (χ0v) is 17.9. The lowest BCUT2D eigenvalue weighted by atomic mass is 9.74. The summed E-state index contributed by atoms with van der Waals surface area (Å²) < 4.78 is 16.6. The highest BCUT2D eigenvalue weighted by molar-refractivity contribution is 5.89. The number of pyridine rings is 2. The van der Waals surface area contributed by atoms with Crippen LogP contribution in [0.4, 0.5) is 10.1 Å². The van der Waals surface area contributed by atoms with Gasteiger partial charge in [0.25, 0.3) is 5.56 Å². The van der Waals surface area contributed by atoms with Gasteiger partial charge >= 0.3 is 5.97 Å². The molecule has 162 valence electrons. The summed E-state index contributed by atoms with van der Waals surface area (Å²) in [5.41, 5.74) is 8.05. The molecule has 7 heteroatoms. The van der Waals surface area contributed by atoms with Crippen molar-refractivity contribution in [3.8, 4) is 0 Å². The van der Waals surface area contributed by atoms with Gasteiger partial charge in [-0.05, 0) is 67.6 Å². The van der Waals surface area contributed by atoms with Crippen LogP contribution in [0.3, 0.4) is 0 Å². The number of carboxylic acids is 1. The van der Waals surface area contributed by atoms with Crippen molar-refractivity contribution in [3.63, 3.8) is 0 Å². The zero-order valence-electron chi connectivity index (χ0n) is 17.9. The van der Waals surface area contributed by atoms with Crippen molar-refractivity contribution >= 4 is 17.2 Å². The number of aromatic nitrogens is 1. The fourth-order valence-corrected chi connectivity index (χ4v) is 5.26. The number of halogens is 1. The lowest BCUT2D eigenvalue weighted by molar-refractivity contribution is 0.0694. The Morgan fingerprint density at radius 2 is 2.00 bits per heavy atom. The van der Waals surface area contributed by atoms with E-state index < -0.39 is 17.3 Å². The maximum absolute atomic E-state index is 15.4. The number of fused-ring (bicyclic) bond motifs is 1. The second-order valence-corrected chi connectivity index (χ2v) is 9.12. The molecule has 2 aromatic heterocycles. The molecule has 1 aliphatic carbocycles. The van der Waals surface area contributed by atoms with E-state index in [4.69, 9.17) is 5.73 Å². The van der Waals surface area contributed by atoms with E-state index in [9.17, 15) is 14.7 Å². The fourth-order valence-electron chi connectivity index (χ4n) is 5.26. The first-order chi connectivity index (χ1) is 14.2. The maximum Gasteiger partial charge on any atom is 0.341 e. The fraction of sp³-hybridized carbons (Fsp3) is 0.565. The van der Waals surface area contributed by atoms with Gasteiger partial charge in [0.15, 0.2) is 5.82 Å². The first-order valence-electron chi connectivity index (χ1n) is 10.8. The Kier molecular flexibility index (Phi) is 5.12. The van der Waals surface area contributed by atoms with E-state index in [1.807, 2.05) is 11.8 Å². The van der Waals surface area contributed by atoms with Crippen LogP contribution in [0.5, 0.6) is 0 Å². The Balaban J connectivity index is 1.94. The van der Waals surface area contributed by atoms with Crippen LogP contribution in [0.15, 0.2) is 17.1 Å². The molecule has 1 atom stereocenters. The van der Waals surface area contributed by atoms with E-state index in [0.717, 1.165) is 50.4 Å². The van der Waals surface area contributed by atoms with E-state index in [2.05, 4.69) is 13.8 Å². The molecule has 2 aromatic rings. The number of piperidine rings is 1. The molecule has 3 N–H and O–H groups in total. The molecule has 0 spiro atoms. The highest BCUT2D eigenvalue weighted by atomic mass is 19.1. The number of hydrogen-bond donors (Lipinski definition) is 2. The number of nitrogens with two attached hydrogens (primary N) is 1. The van der Waals surface area contributed by atoms with E-state index >= 15 is 4.39 Å². The summed E-state index contributed by atoms with van der Waals surface area (Å²) in [7, 11) is 0. The number of carbonyl (C=O) groups is 1. The van der Waals surface area contributed by atoms with Crippen LogP contribution >= 0.6 is 0 Å². The van der Waals surface area contributed by atoms with Crippen LogP contribution in [0, 0.1) is 18.2 Å². The predicted molar refractivity (Wildman–Crippen MR) is 115 cm³/mol. The van der Waals surface area contributed by atoms with Crippen LogP contribution in [0.1, 0.15) is 73.4 Å². The Morgan fingerprint density at radius 3 is 2.57 bits per heavy atom. The van der Waals surface area contributed by atoms with Gasteiger partial charge in [0, 0.05) is 19.1 Å². The van der Waals surface area contributed by atoms with Gasteiger partial charge in [-0.15, -0.1) is 0 Å². The molecule has 3 heterocycles. The van der Waals surface area contributed by atoms with Crippen molar-refractivity contribution in [2.45, 2.75) is 64.8 Å². The first-order valence-corrected chi connectivity index (χ1v) is 10.8. The number of aryl methyl sites for hydroxylation is 1. The molecule has 0 bridgehead atoms. The second-order valence-electron chi connectivity index (χ2n) is 9.12. The molecule has 2 aliphatic rings. The van der Waals surface area contributed by atoms with Crippen LogP contribution in [-0.2, 0) is 0 Å². The number of hydrogen-bond acceptors (Lipinski definition) is 4. The normalized spacial score (nSPS) is 21.2. The molecule has 6 nitrogen and oxygen atoms in total. The van der Waals surface area contributed by atoms with Gasteiger partial charge in [-0.1, -0.05) is 13.8 Å². The van der Waals surface area contributed by atoms with E-state index in [-0.39, 0.29) is 22.9 Å². The van der Waals surface area contributed by atoms with Crippen molar-refractivity contribution < 1.29 is 14.3 Å². The molecule has 1 saturated carbocycles. The summed E-state index contributed by atoms with van der Waals surface area (Å²) in [6.07, 6.45) is 5.91. The van der Waals surface area contributed by atoms with Gasteiger partial charge in [-0.25, -0.2) is 9.18 Å². The van der Waals surface area contributed by atoms with Crippen molar-refractivity contribution in [2.75, 3.05) is 18.0 Å². The standard InChI is InChI=1S/C23H30FN3O3/c1-4-23(5-2)9-15(25)10-26(12-23)20-13(3)19-16(14-6-7-14)8-17(22(29)30)21(28)27(19)11-18(20)24/h8,11,14-15H,4-7,9-10,12,25H2,1-3H3,(H,29,30)/t15-/m0/s1.